The maximum Gasteiger partial charge on any atom is 0.323 e. The molecular weight excluding hydrogens is 556 g/mol. The number of hydrogen-bond acceptors (Lipinski definition) is 9. The zero-order valence-corrected chi connectivity index (χ0v) is 25.2. The maximum absolute atomic E-state index is 13.7. The Morgan fingerprint density at radius 1 is 1.07 bits per heavy atom. The first kappa shape index (κ1) is 30.4. The number of anilines is 3. The summed E-state index contributed by atoms with van der Waals surface area (Å²) in [5.74, 6) is 1.39. The molecule has 1 aliphatic rings. The Morgan fingerprint density at radius 3 is 2.48 bits per heavy atom. The Kier molecular flexibility index (Phi) is 9.35. The van der Waals surface area contributed by atoms with Crippen molar-refractivity contribution in [2.24, 2.45) is 7.05 Å². The Bertz CT molecular complexity index is 1580. The fourth-order valence-electron chi connectivity index (χ4n) is 5.21. The van der Waals surface area contributed by atoms with Crippen LogP contribution in [-0.4, -0.2) is 60.1 Å². The van der Waals surface area contributed by atoms with Gasteiger partial charge in [-0.25, -0.2) is 14.8 Å². The smallest absolute Gasteiger partial charge is 0.323 e. The Morgan fingerprint density at radius 2 is 1.84 bits per heavy atom. The standard InChI is InChI=1S/C32H38N10O2/c1-32(2,44)21-37-29-24(15-33)18-35-30(40-29)39-26-10-12-27(13-11-26)42(31(43)36-16-22-7-5-4-6-8-22)28-14-9-23(17-34-28)25-19-38-41(3)20-25/h4-9,14,17-20,26-27,44H,10-13,16,21H2,1-3H3,(H,36,43)(H2,35,37,39,40)/t26-,27-. The second-order valence-corrected chi connectivity index (χ2v) is 11.7. The SMILES string of the molecule is Cn1cc(-c2ccc(N(C(=O)NCc3ccccc3)[C@H]3CC[C@H](Nc4ncc(C#N)c(NCC(C)(C)O)n4)CC3)nc2)cn1. The summed E-state index contributed by atoms with van der Waals surface area (Å²) in [5, 5.41) is 33.3. The number of aliphatic hydroxyl groups is 1. The van der Waals surface area contributed by atoms with Crippen molar-refractivity contribution < 1.29 is 9.90 Å². The van der Waals surface area contributed by atoms with Crippen LogP contribution in [-0.2, 0) is 13.6 Å². The molecule has 1 aliphatic carbocycles. The Balaban J connectivity index is 1.28. The predicted octanol–water partition coefficient (Wildman–Crippen LogP) is 4.47. The van der Waals surface area contributed by atoms with Crippen molar-refractivity contribution in [2.75, 3.05) is 22.1 Å². The van der Waals surface area contributed by atoms with Gasteiger partial charge in [-0.1, -0.05) is 30.3 Å². The topological polar surface area (TPSA) is 157 Å². The first-order chi connectivity index (χ1) is 21.2. The molecule has 1 fully saturated rings. The lowest BCUT2D eigenvalue weighted by Gasteiger charge is -2.36. The largest absolute Gasteiger partial charge is 0.389 e. The van der Waals surface area contributed by atoms with Gasteiger partial charge in [-0.15, -0.1) is 0 Å². The minimum Gasteiger partial charge on any atom is -0.389 e. The normalized spacial score (nSPS) is 16.5. The van der Waals surface area contributed by atoms with Crippen LogP contribution in [0.4, 0.5) is 22.4 Å². The van der Waals surface area contributed by atoms with E-state index in [1.54, 1.807) is 35.8 Å². The van der Waals surface area contributed by atoms with Crippen molar-refractivity contribution >= 4 is 23.6 Å². The number of nitrogens with zero attached hydrogens (tertiary/aromatic N) is 7. The third kappa shape index (κ3) is 7.87. The first-order valence-electron chi connectivity index (χ1n) is 14.7. The monoisotopic (exact) mass is 594 g/mol. The number of hydrogen-bond donors (Lipinski definition) is 4. The molecule has 4 aromatic rings. The zero-order chi connectivity index (χ0) is 31.1. The highest BCUT2D eigenvalue weighted by atomic mass is 16.3. The highest BCUT2D eigenvalue weighted by Gasteiger charge is 2.31. The minimum atomic E-state index is -0.961. The third-order valence-corrected chi connectivity index (χ3v) is 7.53. The molecule has 44 heavy (non-hydrogen) atoms. The van der Waals surface area contributed by atoms with E-state index in [2.05, 4.69) is 37.1 Å². The zero-order valence-electron chi connectivity index (χ0n) is 25.2. The second kappa shape index (κ2) is 13.5. The van der Waals surface area contributed by atoms with Gasteiger partial charge in [0.15, 0.2) is 0 Å². The van der Waals surface area contributed by atoms with Crippen LogP contribution in [0, 0.1) is 11.3 Å². The predicted molar refractivity (Wildman–Crippen MR) is 169 cm³/mol. The van der Waals surface area contributed by atoms with Crippen LogP contribution in [0.15, 0.2) is 67.3 Å². The number of rotatable bonds is 10. The molecule has 5 rings (SSSR count). The van der Waals surface area contributed by atoms with E-state index in [1.165, 1.54) is 6.20 Å². The molecule has 0 unspecified atom stereocenters. The van der Waals surface area contributed by atoms with Crippen LogP contribution in [0.1, 0.15) is 50.7 Å². The molecule has 12 nitrogen and oxygen atoms in total. The van der Waals surface area contributed by atoms with E-state index in [9.17, 15) is 15.2 Å². The molecule has 0 atom stereocenters. The summed E-state index contributed by atoms with van der Waals surface area (Å²) in [7, 11) is 1.87. The van der Waals surface area contributed by atoms with E-state index in [0.29, 0.717) is 29.7 Å². The van der Waals surface area contributed by atoms with Crippen molar-refractivity contribution in [2.45, 2.75) is 63.8 Å². The average molecular weight is 595 g/mol. The molecule has 1 aromatic carbocycles. The molecule has 1 saturated carbocycles. The highest BCUT2D eigenvalue weighted by molar-refractivity contribution is 5.91. The number of amides is 2. The second-order valence-electron chi connectivity index (χ2n) is 11.7. The Hall–Kier alpha value is -5.02. The molecule has 0 bridgehead atoms. The van der Waals surface area contributed by atoms with Crippen molar-refractivity contribution in [1.82, 2.24) is 30.0 Å². The van der Waals surface area contributed by atoms with E-state index in [-0.39, 0.29) is 24.7 Å². The van der Waals surface area contributed by atoms with E-state index in [0.717, 1.165) is 42.4 Å². The highest BCUT2D eigenvalue weighted by Crippen LogP contribution is 2.30. The van der Waals surface area contributed by atoms with Gasteiger partial charge >= 0.3 is 6.03 Å². The van der Waals surface area contributed by atoms with E-state index in [4.69, 9.17) is 4.98 Å². The minimum absolute atomic E-state index is 0.0496. The fourth-order valence-corrected chi connectivity index (χ4v) is 5.21. The lowest BCUT2D eigenvalue weighted by molar-refractivity contribution is 0.0944. The van der Waals surface area contributed by atoms with Gasteiger partial charge in [0, 0.05) is 55.7 Å². The van der Waals surface area contributed by atoms with Crippen LogP contribution in [0.2, 0.25) is 0 Å². The number of aromatic nitrogens is 5. The number of benzene rings is 1. The Labute approximate surface area is 257 Å². The summed E-state index contributed by atoms with van der Waals surface area (Å²) in [5.41, 5.74) is 2.26. The number of pyridine rings is 1. The van der Waals surface area contributed by atoms with E-state index < -0.39 is 5.60 Å². The lowest BCUT2D eigenvalue weighted by Crippen LogP contribution is -2.49. The summed E-state index contributed by atoms with van der Waals surface area (Å²) in [6.45, 7) is 4.02. The van der Waals surface area contributed by atoms with Gasteiger partial charge in [-0.2, -0.15) is 15.3 Å². The van der Waals surface area contributed by atoms with Gasteiger partial charge < -0.3 is 21.1 Å². The molecule has 2 amide bonds. The summed E-state index contributed by atoms with van der Waals surface area (Å²) in [4.78, 5) is 29.0. The van der Waals surface area contributed by atoms with Crippen LogP contribution >= 0.6 is 0 Å². The molecule has 0 spiro atoms. The van der Waals surface area contributed by atoms with Crippen molar-refractivity contribution in [3.63, 3.8) is 0 Å². The van der Waals surface area contributed by atoms with Gasteiger partial charge in [0.1, 0.15) is 23.3 Å². The number of aryl methyl sites for hydroxylation is 1. The van der Waals surface area contributed by atoms with Crippen LogP contribution in [0.5, 0.6) is 0 Å². The molecular formula is C32H38N10O2. The molecule has 0 radical (unpaired) electrons. The molecule has 228 valence electrons. The summed E-state index contributed by atoms with van der Waals surface area (Å²) >= 11 is 0. The van der Waals surface area contributed by atoms with E-state index >= 15 is 0 Å². The van der Waals surface area contributed by atoms with Gasteiger partial charge in [-0.05, 0) is 57.2 Å². The van der Waals surface area contributed by atoms with Crippen molar-refractivity contribution in [3.8, 4) is 17.2 Å². The molecule has 4 N–H and O–H groups in total. The van der Waals surface area contributed by atoms with Crippen LogP contribution in [0.25, 0.3) is 11.1 Å². The van der Waals surface area contributed by atoms with E-state index in [1.807, 2.05) is 55.7 Å². The summed E-state index contributed by atoms with van der Waals surface area (Å²) < 4.78 is 1.75. The fraction of sp³-hybridized carbons (Fsp3) is 0.375. The molecule has 0 saturated heterocycles. The molecule has 12 heteroatoms. The van der Waals surface area contributed by atoms with Gasteiger partial charge in [0.05, 0.1) is 18.0 Å². The maximum atomic E-state index is 13.7. The number of carbonyl (C=O) groups excluding carboxylic acids is 1. The summed E-state index contributed by atoms with van der Waals surface area (Å²) in [6.07, 6.45) is 10.1. The quantitative estimate of drug-likeness (QED) is 0.208. The number of urea groups is 1. The number of nitriles is 1. The summed E-state index contributed by atoms with van der Waals surface area (Å²) in [6, 6.07) is 15.6. The molecule has 0 aliphatic heterocycles. The molecule has 3 aromatic heterocycles. The van der Waals surface area contributed by atoms with Crippen LogP contribution < -0.4 is 20.9 Å². The average Bonchev–Trinajstić information content (AvgIpc) is 3.46. The lowest BCUT2D eigenvalue weighted by atomic mass is 9.90. The number of carbonyl (C=O) groups is 1. The molecule has 3 heterocycles. The van der Waals surface area contributed by atoms with Crippen molar-refractivity contribution in [3.05, 3.63) is 78.4 Å². The van der Waals surface area contributed by atoms with Gasteiger partial charge in [0.25, 0.3) is 0 Å². The van der Waals surface area contributed by atoms with Crippen LogP contribution in [0.3, 0.4) is 0 Å². The van der Waals surface area contributed by atoms with Gasteiger partial charge in [-0.3, -0.25) is 9.58 Å². The number of nitrogens with one attached hydrogen (secondary N) is 3. The third-order valence-electron chi connectivity index (χ3n) is 7.53. The van der Waals surface area contributed by atoms with Crippen molar-refractivity contribution in [1.29, 1.82) is 5.26 Å². The van der Waals surface area contributed by atoms with Gasteiger partial charge in [0.2, 0.25) is 5.95 Å². The first-order valence-corrected chi connectivity index (χ1v) is 14.7.